The number of nitrogens with zero attached hydrogens (tertiary/aromatic N) is 4. The van der Waals surface area contributed by atoms with Gasteiger partial charge < -0.3 is 29.1 Å². The molecule has 0 aromatic carbocycles. The van der Waals surface area contributed by atoms with E-state index in [2.05, 4.69) is 32.8 Å². The van der Waals surface area contributed by atoms with Crippen LogP contribution in [0.2, 0.25) is 0 Å². The van der Waals surface area contributed by atoms with Gasteiger partial charge in [-0.25, -0.2) is 19.6 Å². The van der Waals surface area contributed by atoms with Crippen molar-refractivity contribution >= 4 is 28.1 Å². The molecule has 240 valence electrons. The standard InChI is InChI=1S/C16H24N2O3.C11H21NO3.C5H4BrN/c1-15(2,3)21-14(19)18-11-8-16(4,9-12-18)20-13-7-5-6-10-17-13;1-10(2,3)15-9(13)12-7-5-11(4,14)6-8-12;6-5-3-1-2-4-7-5/h5-7,10H,8-9,11-12H2,1-4H3;14H,5-8H2,1-4H3;1-4H. The molecule has 43 heavy (non-hydrogen) atoms. The van der Waals surface area contributed by atoms with Gasteiger partial charge in [-0.15, -0.1) is 0 Å². The zero-order chi connectivity index (χ0) is 32.3. The maximum Gasteiger partial charge on any atom is 0.410 e. The molecule has 2 aliphatic rings. The van der Waals surface area contributed by atoms with Crippen LogP contribution in [0.3, 0.4) is 0 Å². The van der Waals surface area contributed by atoms with Crippen LogP contribution in [-0.4, -0.2) is 85.6 Å². The first-order chi connectivity index (χ1) is 19.9. The highest BCUT2D eigenvalue weighted by Crippen LogP contribution is 2.28. The van der Waals surface area contributed by atoms with Crippen LogP contribution in [0, 0.1) is 0 Å². The zero-order valence-corrected chi connectivity index (χ0v) is 28.5. The van der Waals surface area contributed by atoms with E-state index in [1.807, 2.05) is 77.9 Å². The van der Waals surface area contributed by atoms with Crippen LogP contribution in [0.25, 0.3) is 0 Å². The van der Waals surface area contributed by atoms with Crippen molar-refractivity contribution in [2.24, 2.45) is 0 Å². The van der Waals surface area contributed by atoms with Crippen LogP contribution in [-0.2, 0) is 9.47 Å². The molecule has 2 aromatic rings. The highest BCUT2D eigenvalue weighted by molar-refractivity contribution is 9.10. The molecule has 0 spiro atoms. The smallest absolute Gasteiger partial charge is 0.410 e. The van der Waals surface area contributed by atoms with Gasteiger partial charge in [0.05, 0.1) is 5.60 Å². The Kier molecular flexibility index (Phi) is 13.2. The summed E-state index contributed by atoms with van der Waals surface area (Å²) < 4.78 is 17.5. The molecule has 0 aliphatic carbocycles. The van der Waals surface area contributed by atoms with Crippen molar-refractivity contribution in [3.8, 4) is 5.88 Å². The molecule has 0 bridgehead atoms. The molecular formula is C32H49BrN4O6. The molecule has 2 fully saturated rings. The molecule has 0 saturated carbocycles. The van der Waals surface area contributed by atoms with Crippen LogP contribution < -0.4 is 4.74 Å². The van der Waals surface area contributed by atoms with E-state index in [-0.39, 0.29) is 17.8 Å². The minimum absolute atomic E-state index is 0.248. The molecule has 2 amide bonds. The third-order valence-corrected chi connectivity index (χ3v) is 7.05. The average molecular weight is 666 g/mol. The Hall–Kier alpha value is -2.92. The van der Waals surface area contributed by atoms with Crippen molar-refractivity contribution in [2.45, 2.75) is 103 Å². The van der Waals surface area contributed by atoms with Gasteiger partial charge in [0.25, 0.3) is 0 Å². The number of piperidine rings is 2. The SMILES string of the molecule is Brc1ccccn1.CC(C)(C)OC(=O)N1CCC(C)(Oc2ccccn2)CC1.CC1(O)CCN(C(=O)OC(C)(C)C)CC1. The molecule has 0 atom stereocenters. The summed E-state index contributed by atoms with van der Waals surface area (Å²) in [6, 6.07) is 11.3. The van der Waals surface area contributed by atoms with Crippen molar-refractivity contribution in [3.63, 3.8) is 0 Å². The second-order valence-electron chi connectivity index (χ2n) is 13.3. The number of aromatic nitrogens is 2. The largest absolute Gasteiger partial charge is 0.471 e. The van der Waals surface area contributed by atoms with Crippen LogP contribution in [0.4, 0.5) is 9.59 Å². The van der Waals surface area contributed by atoms with Crippen molar-refractivity contribution in [1.82, 2.24) is 19.8 Å². The van der Waals surface area contributed by atoms with Crippen molar-refractivity contribution < 1.29 is 28.9 Å². The molecule has 2 saturated heterocycles. The molecule has 4 heterocycles. The Morgan fingerprint density at radius 1 is 0.767 bits per heavy atom. The minimum atomic E-state index is -0.626. The first-order valence-electron chi connectivity index (χ1n) is 14.7. The number of carbonyl (C=O) groups excluding carboxylic acids is 2. The van der Waals surface area contributed by atoms with Gasteiger partial charge in [-0.3, -0.25) is 0 Å². The lowest BCUT2D eigenvalue weighted by atomic mass is 9.93. The second-order valence-corrected chi connectivity index (χ2v) is 14.1. The van der Waals surface area contributed by atoms with E-state index in [1.54, 1.807) is 29.1 Å². The quantitative estimate of drug-likeness (QED) is 0.346. The van der Waals surface area contributed by atoms with Crippen molar-refractivity contribution in [2.75, 3.05) is 26.2 Å². The summed E-state index contributed by atoms with van der Waals surface area (Å²) in [6.45, 7) is 17.5. The van der Waals surface area contributed by atoms with Crippen LogP contribution in [0.5, 0.6) is 5.88 Å². The van der Waals surface area contributed by atoms with Gasteiger partial charge in [0.1, 0.15) is 21.4 Å². The van der Waals surface area contributed by atoms with E-state index in [4.69, 9.17) is 14.2 Å². The van der Waals surface area contributed by atoms with E-state index >= 15 is 0 Å². The summed E-state index contributed by atoms with van der Waals surface area (Å²) in [5.41, 5.74) is -1.81. The highest BCUT2D eigenvalue weighted by Gasteiger charge is 2.35. The minimum Gasteiger partial charge on any atom is -0.471 e. The Bertz CT molecular complexity index is 1120. The van der Waals surface area contributed by atoms with Gasteiger partial charge in [-0.05, 0) is 102 Å². The third-order valence-electron chi connectivity index (χ3n) is 6.58. The molecule has 1 N–H and O–H groups in total. The first-order valence-corrected chi connectivity index (χ1v) is 15.5. The molecule has 2 aliphatic heterocycles. The second kappa shape index (κ2) is 15.7. The first kappa shape index (κ1) is 36.3. The van der Waals surface area contributed by atoms with E-state index in [0.717, 1.165) is 17.4 Å². The van der Waals surface area contributed by atoms with Crippen molar-refractivity contribution in [3.05, 3.63) is 53.4 Å². The fourth-order valence-corrected chi connectivity index (χ4v) is 4.36. The predicted molar refractivity (Wildman–Crippen MR) is 170 cm³/mol. The summed E-state index contributed by atoms with van der Waals surface area (Å²) in [5.74, 6) is 0.630. The Morgan fingerprint density at radius 2 is 1.21 bits per heavy atom. The predicted octanol–water partition coefficient (Wildman–Crippen LogP) is 6.86. The number of halogens is 1. The van der Waals surface area contributed by atoms with Crippen molar-refractivity contribution in [1.29, 1.82) is 0 Å². The summed E-state index contributed by atoms with van der Waals surface area (Å²) in [5, 5.41) is 9.73. The van der Waals surface area contributed by atoms with Gasteiger partial charge in [0, 0.05) is 57.5 Å². The Balaban J connectivity index is 0.000000254. The van der Waals surface area contributed by atoms with Gasteiger partial charge in [0.2, 0.25) is 5.88 Å². The molecule has 0 radical (unpaired) electrons. The monoisotopic (exact) mass is 664 g/mol. The molecule has 0 unspecified atom stereocenters. The number of hydrogen-bond donors (Lipinski definition) is 1. The number of aliphatic hydroxyl groups is 1. The molecule has 10 nitrogen and oxygen atoms in total. The summed E-state index contributed by atoms with van der Waals surface area (Å²) in [6.07, 6.45) is 5.70. The normalized spacial score (nSPS) is 17.7. The lowest BCUT2D eigenvalue weighted by Gasteiger charge is -2.39. The van der Waals surface area contributed by atoms with Crippen LogP contribution in [0.1, 0.15) is 81.1 Å². The summed E-state index contributed by atoms with van der Waals surface area (Å²) in [4.78, 5) is 35.2. The van der Waals surface area contributed by atoms with Gasteiger partial charge in [-0.2, -0.15) is 0 Å². The zero-order valence-electron chi connectivity index (χ0n) is 26.9. The number of likely N-dealkylation sites (tertiary alicyclic amines) is 2. The molecule has 4 rings (SSSR count). The number of ether oxygens (including phenoxy) is 3. The third kappa shape index (κ3) is 14.9. The number of pyridine rings is 2. The molecule has 2 aromatic heterocycles. The van der Waals surface area contributed by atoms with Crippen LogP contribution >= 0.6 is 15.9 Å². The maximum atomic E-state index is 12.0. The van der Waals surface area contributed by atoms with E-state index in [1.165, 1.54) is 0 Å². The number of carbonyl (C=O) groups is 2. The van der Waals surface area contributed by atoms with E-state index < -0.39 is 16.8 Å². The van der Waals surface area contributed by atoms with Gasteiger partial charge in [-0.1, -0.05) is 12.1 Å². The Morgan fingerprint density at radius 3 is 1.56 bits per heavy atom. The lowest BCUT2D eigenvalue weighted by Crippen LogP contribution is -2.49. The summed E-state index contributed by atoms with van der Waals surface area (Å²) >= 11 is 3.20. The average Bonchev–Trinajstić information content (AvgIpc) is 2.88. The van der Waals surface area contributed by atoms with Crippen LogP contribution in [0.15, 0.2) is 53.4 Å². The number of rotatable bonds is 2. The Labute approximate surface area is 265 Å². The van der Waals surface area contributed by atoms with E-state index in [0.29, 0.717) is 44.9 Å². The lowest BCUT2D eigenvalue weighted by molar-refractivity contribution is -0.0216. The summed E-state index contributed by atoms with van der Waals surface area (Å²) in [7, 11) is 0. The van der Waals surface area contributed by atoms with Gasteiger partial charge in [0.15, 0.2) is 0 Å². The fraction of sp³-hybridized carbons (Fsp3) is 0.625. The number of hydrogen-bond acceptors (Lipinski definition) is 8. The highest BCUT2D eigenvalue weighted by atomic mass is 79.9. The van der Waals surface area contributed by atoms with Gasteiger partial charge >= 0.3 is 12.2 Å². The fourth-order valence-electron chi connectivity index (χ4n) is 4.09. The maximum absolute atomic E-state index is 12.0. The number of amides is 2. The topological polar surface area (TPSA) is 114 Å². The molecule has 11 heteroatoms. The molecular weight excluding hydrogens is 616 g/mol. The van der Waals surface area contributed by atoms with E-state index in [9.17, 15) is 14.7 Å².